The van der Waals surface area contributed by atoms with Crippen LogP contribution in [0.3, 0.4) is 0 Å². The van der Waals surface area contributed by atoms with Gasteiger partial charge in [-0.3, -0.25) is 0 Å². The maximum absolute atomic E-state index is 6.57. The number of hydrogen-bond donors (Lipinski definition) is 1. The quantitative estimate of drug-likeness (QED) is 0.640. The minimum absolute atomic E-state index is 0.0550. The Morgan fingerprint density at radius 3 is 2.68 bits per heavy atom. The fourth-order valence-corrected chi connectivity index (χ4v) is 3.90. The van der Waals surface area contributed by atoms with Crippen molar-refractivity contribution in [2.24, 2.45) is 0 Å². The van der Waals surface area contributed by atoms with E-state index in [2.05, 4.69) is 50.4 Å². The van der Waals surface area contributed by atoms with Crippen LogP contribution in [-0.2, 0) is 0 Å². The first kappa shape index (κ1) is 13.7. The Labute approximate surface area is 135 Å². The van der Waals surface area contributed by atoms with Crippen LogP contribution in [0, 0.1) is 0 Å². The van der Waals surface area contributed by atoms with E-state index in [1.807, 2.05) is 18.2 Å². The second kappa shape index (κ2) is 4.53. The Balaban J connectivity index is 2.01. The molecule has 22 heavy (non-hydrogen) atoms. The molecule has 2 aliphatic rings. The number of benzene rings is 2. The lowest BCUT2D eigenvalue weighted by molar-refractivity contribution is 0.284. The molecule has 0 fully saturated rings. The highest BCUT2D eigenvalue weighted by molar-refractivity contribution is 6.21. The Kier molecular flexibility index (Phi) is 2.82. The van der Waals surface area contributed by atoms with Gasteiger partial charge >= 0.3 is 0 Å². The molecule has 4 rings (SSSR count). The van der Waals surface area contributed by atoms with E-state index in [0.717, 1.165) is 28.1 Å². The van der Waals surface area contributed by atoms with E-state index in [1.165, 1.54) is 11.1 Å². The van der Waals surface area contributed by atoms with Gasteiger partial charge in [0.15, 0.2) is 5.56 Å². The molecule has 2 aromatic rings. The second-order valence-electron chi connectivity index (χ2n) is 6.55. The van der Waals surface area contributed by atoms with Crippen molar-refractivity contribution in [1.82, 2.24) is 0 Å². The van der Waals surface area contributed by atoms with E-state index in [0.29, 0.717) is 0 Å². The van der Waals surface area contributed by atoms with Crippen molar-refractivity contribution in [2.75, 3.05) is 5.32 Å². The van der Waals surface area contributed by atoms with Crippen LogP contribution in [0.25, 0.3) is 16.7 Å². The molecule has 0 unspecified atom stereocenters. The van der Waals surface area contributed by atoms with E-state index in [9.17, 15) is 0 Å². The zero-order valence-corrected chi connectivity index (χ0v) is 13.7. The third kappa shape index (κ3) is 1.94. The van der Waals surface area contributed by atoms with Crippen LogP contribution in [0.5, 0.6) is 5.75 Å². The molecule has 0 saturated carbocycles. The van der Waals surface area contributed by atoms with Crippen LogP contribution in [0.2, 0.25) is 0 Å². The van der Waals surface area contributed by atoms with Gasteiger partial charge in [0.2, 0.25) is 0 Å². The summed E-state index contributed by atoms with van der Waals surface area (Å²) in [7, 11) is 0. The lowest BCUT2D eigenvalue weighted by Gasteiger charge is -2.35. The monoisotopic (exact) mass is 311 g/mol. The number of nitrogens with one attached hydrogen (secondary N) is 1. The molecule has 2 aromatic carbocycles. The zero-order valence-electron chi connectivity index (χ0n) is 12.9. The Morgan fingerprint density at radius 1 is 1.09 bits per heavy atom. The molecule has 0 saturated heterocycles. The Bertz CT molecular complexity index is 807. The van der Waals surface area contributed by atoms with Gasteiger partial charge in [0.05, 0.1) is 5.54 Å². The van der Waals surface area contributed by atoms with Crippen molar-refractivity contribution in [3.05, 3.63) is 53.6 Å². The minimum atomic E-state index is -0.466. The van der Waals surface area contributed by atoms with Crippen molar-refractivity contribution in [3.8, 4) is 16.9 Å². The number of anilines is 1. The summed E-state index contributed by atoms with van der Waals surface area (Å²) in [6.07, 6.45) is 2.25. The molecule has 0 bridgehead atoms. The van der Waals surface area contributed by atoms with E-state index >= 15 is 0 Å². The van der Waals surface area contributed by atoms with Gasteiger partial charge in [-0.2, -0.15) is 0 Å². The molecule has 0 radical (unpaired) electrons. The van der Waals surface area contributed by atoms with Gasteiger partial charge in [0.25, 0.3) is 0 Å². The highest BCUT2D eigenvalue weighted by Crippen LogP contribution is 2.49. The van der Waals surface area contributed by atoms with Gasteiger partial charge in [0.1, 0.15) is 5.75 Å². The number of allylic oxidation sites excluding steroid dienone is 1. The molecule has 0 aliphatic carbocycles. The van der Waals surface area contributed by atoms with Gasteiger partial charge in [-0.25, -0.2) is 0 Å². The summed E-state index contributed by atoms with van der Waals surface area (Å²) in [6, 6.07) is 12.4. The normalized spacial score (nSPS) is 20.7. The summed E-state index contributed by atoms with van der Waals surface area (Å²) in [6.45, 7) is 6.48. The number of halogens is 1. The third-order valence-electron chi connectivity index (χ3n) is 4.31. The largest absolute Gasteiger partial charge is 0.470 e. The van der Waals surface area contributed by atoms with Gasteiger partial charge in [-0.15, -0.1) is 0 Å². The number of ether oxygens (including phenoxy) is 1. The molecule has 2 aliphatic heterocycles. The number of hydrogen-bond acceptors (Lipinski definition) is 2. The van der Waals surface area contributed by atoms with E-state index in [-0.39, 0.29) is 5.54 Å². The first-order valence-electron chi connectivity index (χ1n) is 7.51. The van der Waals surface area contributed by atoms with Gasteiger partial charge in [-0.1, -0.05) is 41.9 Å². The predicted molar refractivity (Wildman–Crippen MR) is 92.5 cm³/mol. The standard InChI is InChI=1S/C19H18ClNO/c1-11-10-19(2,3)21-14-9-8-13-12-6-4-5-7-15(12)22-18(20)17(13)16(11)14/h4-10,18,21H,1-3H3/t18-/m0/s1. The average molecular weight is 312 g/mol. The lowest BCUT2D eigenvalue weighted by Crippen LogP contribution is -2.32. The number of para-hydroxylation sites is 1. The molecule has 0 amide bonds. The molecular weight excluding hydrogens is 294 g/mol. The maximum atomic E-state index is 6.57. The van der Waals surface area contributed by atoms with Crippen LogP contribution < -0.4 is 10.1 Å². The summed E-state index contributed by atoms with van der Waals surface area (Å²) < 4.78 is 5.94. The fraction of sp³-hybridized carbons (Fsp3) is 0.263. The second-order valence-corrected chi connectivity index (χ2v) is 6.95. The number of rotatable bonds is 0. The van der Waals surface area contributed by atoms with Gasteiger partial charge < -0.3 is 10.1 Å². The molecule has 1 atom stereocenters. The van der Waals surface area contributed by atoms with E-state index in [1.54, 1.807) is 0 Å². The Hall–Kier alpha value is -1.93. The summed E-state index contributed by atoms with van der Waals surface area (Å²) in [5.41, 5.74) is 6.35. The van der Waals surface area contributed by atoms with Crippen LogP contribution in [0.15, 0.2) is 42.5 Å². The van der Waals surface area contributed by atoms with Crippen LogP contribution in [-0.4, -0.2) is 5.54 Å². The molecule has 0 spiro atoms. The van der Waals surface area contributed by atoms with Gasteiger partial charge in [-0.05, 0) is 44.0 Å². The topological polar surface area (TPSA) is 21.3 Å². The van der Waals surface area contributed by atoms with E-state index in [4.69, 9.17) is 16.3 Å². The minimum Gasteiger partial charge on any atom is -0.470 e. The molecule has 1 N–H and O–H groups in total. The van der Waals surface area contributed by atoms with Crippen molar-refractivity contribution < 1.29 is 4.74 Å². The van der Waals surface area contributed by atoms with Crippen molar-refractivity contribution >= 4 is 22.9 Å². The zero-order chi connectivity index (χ0) is 15.5. The van der Waals surface area contributed by atoms with Crippen molar-refractivity contribution in [1.29, 1.82) is 0 Å². The summed E-state index contributed by atoms with van der Waals surface area (Å²) in [4.78, 5) is 0. The van der Waals surface area contributed by atoms with Crippen LogP contribution in [0.1, 0.15) is 37.5 Å². The average Bonchev–Trinajstić information content (AvgIpc) is 2.45. The van der Waals surface area contributed by atoms with E-state index < -0.39 is 5.56 Å². The van der Waals surface area contributed by atoms with Gasteiger partial charge in [0, 0.05) is 22.4 Å². The molecule has 0 aromatic heterocycles. The maximum Gasteiger partial charge on any atom is 0.199 e. The van der Waals surface area contributed by atoms with Crippen molar-refractivity contribution in [3.63, 3.8) is 0 Å². The van der Waals surface area contributed by atoms with Crippen molar-refractivity contribution in [2.45, 2.75) is 31.9 Å². The molecular formula is C19H18ClNO. The number of alkyl halides is 1. The lowest BCUT2D eigenvalue weighted by atomic mass is 9.84. The first-order chi connectivity index (χ1) is 10.5. The predicted octanol–water partition coefficient (Wildman–Crippen LogP) is 5.59. The fourth-order valence-electron chi connectivity index (χ4n) is 3.58. The van der Waals surface area contributed by atoms with Crippen LogP contribution in [0.4, 0.5) is 5.69 Å². The highest BCUT2D eigenvalue weighted by atomic mass is 35.5. The summed E-state index contributed by atoms with van der Waals surface area (Å²) in [5.74, 6) is 0.848. The summed E-state index contributed by atoms with van der Waals surface area (Å²) in [5, 5.41) is 3.57. The molecule has 2 heterocycles. The third-order valence-corrected chi connectivity index (χ3v) is 4.62. The molecule has 112 valence electrons. The SMILES string of the molecule is CC1=CC(C)(C)Nc2ccc3c(c21)[C@@H](Cl)Oc1ccccc1-3. The summed E-state index contributed by atoms with van der Waals surface area (Å²) >= 11 is 6.57. The highest BCUT2D eigenvalue weighted by Gasteiger charge is 2.32. The Morgan fingerprint density at radius 2 is 1.86 bits per heavy atom. The number of fused-ring (bicyclic) bond motifs is 5. The first-order valence-corrected chi connectivity index (χ1v) is 7.95. The molecule has 3 heteroatoms. The van der Waals surface area contributed by atoms with Crippen LogP contribution >= 0.6 is 11.6 Å². The smallest absolute Gasteiger partial charge is 0.199 e. The molecule has 2 nitrogen and oxygen atoms in total.